The van der Waals surface area contributed by atoms with Crippen molar-refractivity contribution < 1.29 is 0 Å². The minimum atomic E-state index is 0.781. The minimum absolute atomic E-state index is 0.781. The van der Waals surface area contributed by atoms with Crippen molar-refractivity contribution in [2.75, 3.05) is 6.54 Å². The van der Waals surface area contributed by atoms with Gasteiger partial charge >= 0.3 is 0 Å². The van der Waals surface area contributed by atoms with E-state index in [1.807, 2.05) is 0 Å². The predicted octanol–water partition coefficient (Wildman–Crippen LogP) is 4.15. The quantitative estimate of drug-likeness (QED) is 0.623. The van der Waals surface area contributed by atoms with Gasteiger partial charge in [-0.05, 0) is 50.0 Å². The summed E-state index contributed by atoms with van der Waals surface area (Å²) < 4.78 is 0. The van der Waals surface area contributed by atoms with Gasteiger partial charge in [0.1, 0.15) is 0 Å². The van der Waals surface area contributed by atoms with Gasteiger partial charge in [0.05, 0.1) is 0 Å². The van der Waals surface area contributed by atoms with Crippen molar-refractivity contribution in [3.05, 3.63) is 12.2 Å². The van der Waals surface area contributed by atoms with Crippen molar-refractivity contribution >= 4 is 0 Å². The van der Waals surface area contributed by atoms with E-state index in [2.05, 4.69) is 31.3 Å². The van der Waals surface area contributed by atoms with Crippen LogP contribution < -0.4 is 5.32 Å². The van der Waals surface area contributed by atoms with Crippen LogP contribution in [0.1, 0.15) is 58.8 Å². The first-order valence-electron chi connectivity index (χ1n) is 7.75. The Kier molecular flexibility index (Phi) is 5.09. The summed E-state index contributed by atoms with van der Waals surface area (Å²) in [6.07, 6.45) is 14.6. The van der Waals surface area contributed by atoms with Crippen LogP contribution in [-0.4, -0.2) is 12.6 Å². The first-order chi connectivity index (χ1) is 8.33. The van der Waals surface area contributed by atoms with E-state index in [4.69, 9.17) is 0 Å². The molecule has 0 heterocycles. The zero-order valence-corrected chi connectivity index (χ0v) is 11.6. The third-order valence-electron chi connectivity index (χ3n) is 4.63. The van der Waals surface area contributed by atoms with Crippen molar-refractivity contribution in [3.8, 4) is 0 Å². The lowest BCUT2D eigenvalue weighted by atomic mass is 9.93. The molecule has 4 atom stereocenters. The van der Waals surface area contributed by atoms with Crippen LogP contribution in [0.25, 0.3) is 0 Å². The molecule has 1 heteroatoms. The fourth-order valence-corrected chi connectivity index (χ4v) is 3.59. The zero-order chi connectivity index (χ0) is 12.1. The third-order valence-corrected chi connectivity index (χ3v) is 4.63. The molecule has 0 amide bonds. The van der Waals surface area contributed by atoms with E-state index in [0.29, 0.717) is 0 Å². The number of allylic oxidation sites excluding steroid dienone is 2. The smallest absolute Gasteiger partial charge is 0.00670 e. The molecule has 2 bridgehead atoms. The largest absolute Gasteiger partial charge is 0.314 e. The van der Waals surface area contributed by atoms with E-state index < -0.39 is 0 Å². The van der Waals surface area contributed by atoms with Gasteiger partial charge in [0.25, 0.3) is 0 Å². The second-order valence-electron chi connectivity index (χ2n) is 6.08. The van der Waals surface area contributed by atoms with E-state index >= 15 is 0 Å². The first-order valence-corrected chi connectivity index (χ1v) is 7.75. The second kappa shape index (κ2) is 6.58. The van der Waals surface area contributed by atoms with Gasteiger partial charge in [-0.15, -0.1) is 0 Å². The van der Waals surface area contributed by atoms with Gasteiger partial charge in [-0.2, -0.15) is 0 Å². The van der Waals surface area contributed by atoms with Crippen molar-refractivity contribution in [1.82, 2.24) is 5.32 Å². The van der Waals surface area contributed by atoms with Crippen LogP contribution in [0.15, 0.2) is 12.2 Å². The van der Waals surface area contributed by atoms with E-state index in [0.717, 1.165) is 23.8 Å². The topological polar surface area (TPSA) is 12.0 Å². The Labute approximate surface area is 107 Å². The Morgan fingerprint density at radius 2 is 2.00 bits per heavy atom. The highest BCUT2D eigenvalue weighted by Crippen LogP contribution is 2.43. The number of nitrogens with one attached hydrogen (secondary N) is 1. The van der Waals surface area contributed by atoms with E-state index in [9.17, 15) is 0 Å². The van der Waals surface area contributed by atoms with Gasteiger partial charge in [0.15, 0.2) is 0 Å². The highest BCUT2D eigenvalue weighted by molar-refractivity contribution is 5.10. The number of unbranched alkanes of at least 4 members (excludes halogenated alkanes) is 1. The first kappa shape index (κ1) is 13.1. The standard InChI is InChI=1S/C16H29N/c1-3-5-7-16(6-4-2)17-12-15-11-13-8-9-14(15)10-13/h8-9,13-17H,3-7,10-12H2,1-2H3. The summed E-state index contributed by atoms with van der Waals surface area (Å²) in [5.74, 6) is 2.76. The van der Waals surface area contributed by atoms with Gasteiger partial charge in [-0.25, -0.2) is 0 Å². The summed E-state index contributed by atoms with van der Waals surface area (Å²) >= 11 is 0. The van der Waals surface area contributed by atoms with Gasteiger partial charge in [-0.3, -0.25) is 0 Å². The van der Waals surface area contributed by atoms with E-state index in [1.165, 1.54) is 51.5 Å². The summed E-state index contributed by atoms with van der Waals surface area (Å²) in [5.41, 5.74) is 0. The lowest BCUT2D eigenvalue weighted by Crippen LogP contribution is -2.34. The van der Waals surface area contributed by atoms with Crippen LogP contribution in [0.3, 0.4) is 0 Å². The molecule has 1 nitrogen and oxygen atoms in total. The van der Waals surface area contributed by atoms with Crippen molar-refractivity contribution in [2.45, 2.75) is 64.8 Å². The molecule has 98 valence electrons. The molecule has 0 aromatic heterocycles. The minimum Gasteiger partial charge on any atom is -0.314 e. The number of hydrogen-bond acceptors (Lipinski definition) is 1. The molecule has 0 radical (unpaired) electrons. The molecule has 0 aromatic rings. The van der Waals surface area contributed by atoms with Crippen LogP contribution in [0, 0.1) is 17.8 Å². The average Bonchev–Trinajstić information content (AvgIpc) is 2.94. The van der Waals surface area contributed by atoms with Crippen LogP contribution in [0.5, 0.6) is 0 Å². The second-order valence-corrected chi connectivity index (χ2v) is 6.08. The van der Waals surface area contributed by atoms with Crippen LogP contribution >= 0.6 is 0 Å². The number of hydrogen-bond donors (Lipinski definition) is 1. The fraction of sp³-hybridized carbons (Fsp3) is 0.875. The Bertz CT molecular complexity index is 246. The van der Waals surface area contributed by atoms with Crippen LogP contribution in [0.4, 0.5) is 0 Å². The molecule has 2 rings (SSSR count). The van der Waals surface area contributed by atoms with Crippen molar-refractivity contribution in [2.24, 2.45) is 17.8 Å². The third kappa shape index (κ3) is 3.58. The van der Waals surface area contributed by atoms with Gasteiger partial charge < -0.3 is 5.32 Å². The van der Waals surface area contributed by atoms with Crippen molar-refractivity contribution in [3.63, 3.8) is 0 Å². The molecule has 2 aliphatic rings. The monoisotopic (exact) mass is 235 g/mol. The van der Waals surface area contributed by atoms with E-state index in [1.54, 1.807) is 0 Å². The molecule has 1 saturated carbocycles. The summed E-state index contributed by atoms with van der Waals surface area (Å²) in [7, 11) is 0. The van der Waals surface area contributed by atoms with Gasteiger partial charge in [-0.1, -0.05) is 45.3 Å². The summed E-state index contributed by atoms with van der Waals surface area (Å²) in [5, 5.41) is 3.85. The molecule has 1 N–H and O–H groups in total. The maximum atomic E-state index is 3.85. The highest BCUT2D eigenvalue weighted by atomic mass is 14.9. The lowest BCUT2D eigenvalue weighted by Gasteiger charge is -2.23. The Hall–Kier alpha value is -0.300. The Morgan fingerprint density at radius 1 is 1.12 bits per heavy atom. The molecular weight excluding hydrogens is 206 g/mol. The lowest BCUT2D eigenvalue weighted by molar-refractivity contribution is 0.357. The molecule has 0 saturated heterocycles. The Balaban J connectivity index is 1.69. The molecule has 4 unspecified atom stereocenters. The molecule has 17 heavy (non-hydrogen) atoms. The summed E-state index contributed by atoms with van der Waals surface area (Å²) in [6, 6.07) is 0.781. The predicted molar refractivity (Wildman–Crippen MR) is 75.1 cm³/mol. The zero-order valence-electron chi connectivity index (χ0n) is 11.6. The van der Waals surface area contributed by atoms with Crippen LogP contribution in [0.2, 0.25) is 0 Å². The maximum Gasteiger partial charge on any atom is 0.00670 e. The molecule has 0 aliphatic heterocycles. The normalized spacial score (nSPS) is 32.2. The van der Waals surface area contributed by atoms with Gasteiger partial charge in [0, 0.05) is 6.04 Å². The molecule has 0 spiro atoms. The summed E-state index contributed by atoms with van der Waals surface area (Å²) in [4.78, 5) is 0. The Morgan fingerprint density at radius 3 is 2.59 bits per heavy atom. The number of rotatable bonds is 8. The van der Waals surface area contributed by atoms with Crippen LogP contribution in [-0.2, 0) is 0 Å². The molecule has 1 fully saturated rings. The SMILES string of the molecule is CCCCC(CCC)NCC1CC2C=CC1C2. The highest BCUT2D eigenvalue weighted by Gasteiger charge is 2.35. The molecular formula is C16H29N. The maximum absolute atomic E-state index is 3.85. The molecule has 2 aliphatic carbocycles. The van der Waals surface area contributed by atoms with Crippen molar-refractivity contribution in [1.29, 1.82) is 0 Å². The van der Waals surface area contributed by atoms with E-state index in [-0.39, 0.29) is 0 Å². The number of fused-ring (bicyclic) bond motifs is 2. The average molecular weight is 235 g/mol. The fourth-order valence-electron chi connectivity index (χ4n) is 3.59. The summed E-state index contributed by atoms with van der Waals surface area (Å²) in [6.45, 7) is 5.87. The van der Waals surface area contributed by atoms with Gasteiger partial charge in [0.2, 0.25) is 0 Å². The molecule has 0 aromatic carbocycles.